The number of methoxy groups -OCH3 is 1. The first-order valence-corrected chi connectivity index (χ1v) is 9.92. The largest absolute Gasteiger partial charge is 0.493 e. The Balaban J connectivity index is 1.75. The summed E-state index contributed by atoms with van der Waals surface area (Å²) in [6, 6.07) is 20.4. The van der Waals surface area contributed by atoms with Gasteiger partial charge in [0.1, 0.15) is 4.90 Å². The molecule has 0 aliphatic heterocycles. The van der Waals surface area contributed by atoms with Gasteiger partial charge in [-0.05, 0) is 54.1 Å². The molecule has 140 valence electrons. The van der Waals surface area contributed by atoms with Crippen LogP contribution < -0.4 is 14.2 Å². The SMILES string of the molecule is COc1cc(CNc2ccc(Cl)cc2)ccc1OS(=O)(=O)c1ccccc1. The number of rotatable bonds is 7. The molecule has 0 aliphatic rings. The van der Waals surface area contributed by atoms with Gasteiger partial charge >= 0.3 is 10.1 Å². The Hall–Kier alpha value is -2.70. The molecule has 0 heterocycles. The molecule has 0 atom stereocenters. The number of ether oxygens (including phenoxy) is 1. The fourth-order valence-electron chi connectivity index (χ4n) is 2.42. The van der Waals surface area contributed by atoms with E-state index in [1.807, 2.05) is 12.1 Å². The second-order valence-electron chi connectivity index (χ2n) is 5.70. The van der Waals surface area contributed by atoms with Gasteiger partial charge in [-0.25, -0.2) is 0 Å². The Morgan fingerprint density at radius 2 is 1.63 bits per heavy atom. The lowest BCUT2D eigenvalue weighted by Gasteiger charge is -2.13. The molecule has 27 heavy (non-hydrogen) atoms. The van der Waals surface area contributed by atoms with E-state index in [4.69, 9.17) is 20.5 Å². The molecule has 7 heteroatoms. The van der Waals surface area contributed by atoms with Gasteiger partial charge in [-0.2, -0.15) is 8.42 Å². The third-order valence-electron chi connectivity index (χ3n) is 3.80. The molecule has 0 saturated carbocycles. The topological polar surface area (TPSA) is 64.6 Å². The lowest BCUT2D eigenvalue weighted by atomic mass is 10.2. The van der Waals surface area contributed by atoms with Crippen molar-refractivity contribution in [2.75, 3.05) is 12.4 Å². The first-order valence-electron chi connectivity index (χ1n) is 8.14. The van der Waals surface area contributed by atoms with Crippen molar-refractivity contribution in [2.45, 2.75) is 11.4 Å². The summed E-state index contributed by atoms with van der Waals surface area (Å²) < 4.78 is 35.3. The predicted molar refractivity (Wildman–Crippen MR) is 106 cm³/mol. The predicted octanol–water partition coefficient (Wildman–Crippen LogP) is 4.73. The van der Waals surface area contributed by atoms with Gasteiger partial charge in [-0.3, -0.25) is 0 Å². The van der Waals surface area contributed by atoms with E-state index in [0.717, 1.165) is 11.3 Å². The Morgan fingerprint density at radius 3 is 2.30 bits per heavy atom. The lowest BCUT2D eigenvalue weighted by Crippen LogP contribution is -2.10. The monoisotopic (exact) mass is 403 g/mol. The van der Waals surface area contributed by atoms with Gasteiger partial charge in [-0.15, -0.1) is 0 Å². The highest BCUT2D eigenvalue weighted by Crippen LogP contribution is 2.31. The minimum atomic E-state index is -3.93. The summed E-state index contributed by atoms with van der Waals surface area (Å²) in [7, 11) is -2.46. The zero-order chi connectivity index (χ0) is 19.3. The van der Waals surface area contributed by atoms with Gasteiger partial charge in [0, 0.05) is 17.3 Å². The highest BCUT2D eigenvalue weighted by atomic mass is 35.5. The fraction of sp³-hybridized carbons (Fsp3) is 0.100. The van der Waals surface area contributed by atoms with Gasteiger partial charge in [0.25, 0.3) is 0 Å². The first-order chi connectivity index (χ1) is 13.0. The van der Waals surface area contributed by atoms with Crippen molar-refractivity contribution in [1.29, 1.82) is 0 Å². The maximum Gasteiger partial charge on any atom is 0.339 e. The van der Waals surface area contributed by atoms with Gasteiger partial charge in [0.15, 0.2) is 11.5 Å². The van der Waals surface area contributed by atoms with E-state index in [1.165, 1.54) is 19.2 Å². The normalized spacial score (nSPS) is 11.0. The van der Waals surface area contributed by atoms with Gasteiger partial charge in [-0.1, -0.05) is 35.9 Å². The van der Waals surface area contributed by atoms with E-state index in [1.54, 1.807) is 48.5 Å². The van der Waals surface area contributed by atoms with Crippen LogP contribution in [0.25, 0.3) is 0 Å². The summed E-state index contributed by atoms with van der Waals surface area (Å²) in [4.78, 5) is 0.0838. The number of halogens is 1. The molecule has 0 amide bonds. The van der Waals surface area contributed by atoms with Crippen molar-refractivity contribution < 1.29 is 17.3 Å². The van der Waals surface area contributed by atoms with Crippen LogP contribution in [0.4, 0.5) is 5.69 Å². The molecule has 0 aliphatic carbocycles. The van der Waals surface area contributed by atoms with Crippen molar-refractivity contribution >= 4 is 27.4 Å². The third-order valence-corrected chi connectivity index (χ3v) is 5.30. The van der Waals surface area contributed by atoms with Crippen molar-refractivity contribution in [3.8, 4) is 11.5 Å². The van der Waals surface area contributed by atoms with Crippen LogP contribution in [-0.2, 0) is 16.7 Å². The Kier molecular flexibility index (Phi) is 5.88. The van der Waals surface area contributed by atoms with Crippen LogP contribution in [0.2, 0.25) is 5.02 Å². The Morgan fingerprint density at radius 1 is 0.926 bits per heavy atom. The van der Waals surface area contributed by atoms with Crippen LogP contribution in [0.5, 0.6) is 11.5 Å². The van der Waals surface area contributed by atoms with Crippen LogP contribution >= 0.6 is 11.6 Å². The summed E-state index contributed by atoms with van der Waals surface area (Å²) in [6.07, 6.45) is 0. The zero-order valence-corrected chi connectivity index (χ0v) is 16.1. The maximum atomic E-state index is 12.4. The number of hydrogen-bond acceptors (Lipinski definition) is 5. The second kappa shape index (κ2) is 8.33. The summed E-state index contributed by atoms with van der Waals surface area (Å²) in [5, 5.41) is 3.93. The molecule has 3 rings (SSSR count). The zero-order valence-electron chi connectivity index (χ0n) is 14.6. The third kappa shape index (κ3) is 4.93. The van der Waals surface area contributed by atoms with Crippen molar-refractivity contribution in [3.05, 3.63) is 83.4 Å². The smallest absolute Gasteiger partial charge is 0.339 e. The maximum absolute atomic E-state index is 12.4. The minimum absolute atomic E-state index is 0.0838. The number of nitrogens with one attached hydrogen (secondary N) is 1. The molecule has 0 spiro atoms. The Bertz CT molecular complexity index is 1010. The lowest BCUT2D eigenvalue weighted by molar-refractivity contribution is 0.390. The van der Waals surface area contributed by atoms with E-state index >= 15 is 0 Å². The molecule has 0 aromatic heterocycles. The molecule has 0 bridgehead atoms. The number of hydrogen-bond donors (Lipinski definition) is 1. The summed E-state index contributed by atoms with van der Waals surface area (Å²) in [5.41, 5.74) is 1.83. The summed E-state index contributed by atoms with van der Waals surface area (Å²) in [6.45, 7) is 0.531. The van der Waals surface area contributed by atoms with E-state index in [2.05, 4.69) is 5.32 Å². The van der Waals surface area contributed by atoms with Crippen LogP contribution in [0.3, 0.4) is 0 Å². The number of benzene rings is 3. The van der Waals surface area contributed by atoms with Gasteiger partial charge in [0.2, 0.25) is 0 Å². The molecule has 5 nitrogen and oxygen atoms in total. The van der Waals surface area contributed by atoms with Gasteiger partial charge in [0.05, 0.1) is 7.11 Å². The molecule has 1 N–H and O–H groups in total. The van der Waals surface area contributed by atoms with Crippen molar-refractivity contribution in [3.63, 3.8) is 0 Å². The summed E-state index contributed by atoms with van der Waals surface area (Å²) in [5.74, 6) is 0.474. The molecular formula is C20H18ClNO4S. The highest BCUT2D eigenvalue weighted by molar-refractivity contribution is 7.87. The first kappa shape index (κ1) is 19.1. The average Bonchev–Trinajstić information content (AvgIpc) is 2.69. The number of anilines is 1. The highest BCUT2D eigenvalue weighted by Gasteiger charge is 2.18. The second-order valence-corrected chi connectivity index (χ2v) is 7.68. The van der Waals surface area contributed by atoms with E-state index in [-0.39, 0.29) is 10.6 Å². The molecule has 0 radical (unpaired) electrons. The van der Waals surface area contributed by atoms with E-state index in [0.29, 0.717) is 17.3 Å². The quantitative estimate of drug-likeness (QED) is 0.578. The van der Waals surface area contributed by atoms with Crippen LogP contribution in [-0.4, -0.2) is 15.5 Å². The van der Waals surface area contributed by atoms with Crippen LogP contribution in [0.15, 0.2) is 77.7 Å². The molecule has 3 aromatic rings. The Labute approximate surface area is 163 Å². The average molecular weight is 404 g/mol. The minimum Gasteiger partial charge on any atom is -0.493 e. The van der Waals surface area contributed by atoms with Crippen LogP contribution in [0, 0.1) is 0 Å². The van der Waals surface area contributed by atoms with Crippen molar-refractivity contribution in [2.24, 2.45) is 0 Å². The van der Waals surface area contributed by atoms with E-state index < -0.39 is 10.1 Å². The molecule has 0 unspecified atom stereocenters. The van der Waals surface area contributed by atoms with Crippen LogP contribution in [0.1, 0.15) is 5.56 Å². The molecule has 0 saturated heterocycles. The molecule has 3 aromatic carbocycles. The molecular weight excluding hydrogens is 386 g/mol. The standard InChI is InChI=1S/C20H18ClNO4S/c1-25-20-13-15(14-22-17-10-8-16(21)9-11-17)7-12-19(20)26-27(23,24)18-5-3-2-4-6-18/h2-13,22H,14H2,1H3. The summed E-state index contributed by atoms with van der Waals surface area (Å²) >= 11 is 5.88. The van der Waals surface area contributed by atoms with Crippen molar-refractivity contribution in [1.82, 2.24) is 0 Å². The van der Waals surface area contributed by atoms with Gasteiger partial charge < -0.3 is 14.2 Å². The fourth-order valence-corrected chi connectivity index (χ4v) is 3.50. The molecule has 0 fully saturated rings. The van der Waals surface area contributed by atoms with E-state index in [9.17, 15) is 8.42 Å².